The second-order valence-corrected chi connectivity index (χ2v) is 33.9. The molecule has 2 fully saturated rings. The summed E-state index contributed by atoms with van der Waals surface area (Å²) in [6, 6.07) is -6.32. The molecule has 23 N–H and O–H groups in total. The largest absolute Gasteiger partial charge is 0.459 e. The van der Waals surface area contributed by atoms with Crippen LogP contribution in [-0.4, -0.2) is 263 Å². The molecule has 3 heterocycles. The van der Waals surface area contributed by atoms with Crippen LogP contribution in [0.2, 0.25) is 0 Å². The number of likely N-dealkylation sites (N-methyl/N-ethyl adjacent to an activating group) is 1. The van der Waals surface area contributed by atoms with Crippen molar-refractivity contribution in [2.75, 3.05) is 32.4 Å². The molecule has 0 radical (unpaired) electrons. The average molecular weight is 1710 g/mol. The molecule has 0 saturated carbocycles. The van der Waals surface area contributed by atoms with Crippen molar-refractivity contribution in [2.45, 2.75) is 238 Å². The van der Waals surface area contributed by atoms with Gasteiger partial charge in [0.1, 0.15) is 96.9 Å². The zero-order valence-corrected chi connectivity index (χ0v) is 70.1. The predicted molar refractivity (Wildman–Crippen MR) is 433 cm³/mol. The lowest BCUT2D eigenvalue weighted by Crippen LogP contribution is -2.64. The molecule has 0 bridgehead atoms. The van der Waals surface area contributed by atoms with Crippen LogP contribution in [0.25, 0.3) is 10.9 Å². The first-order valence-electron chi connectivity index (χ1n) is 39.1. The summed E-state index contributed by atoms with van der Waals surface area (Å²) in [5.74, 6) is -20.0. The number of nitrogens with one attached hydrogen (secondary N) is 13. The Kier molecular flexibility index (Phi) is 36.8. The standard InChI is InChI=1S/C77H116N20O22S/c1-39(2)32-49-66(107)92-58(41(4)99)70(111)87-48(26-28-55(78)100)63(104)84-36-57(102)119-42(5)59(74(115)96(12)53(68(109)88-49)27-29-56(79)101)93-67(108)52(37-120(116,117)118)91-64(105)47(24-18-30-82-75(80)81)86-65(106)50(34-44-35-83-46-23-17-16-22-45(44)46)89-71(112)60(76(6,7)8)95-72(113)61(77(9,10)11)94-69(110)54-25-19-31-97(54)73(114)51(33-43-20-14-13-15-21-43)90-62(103)40(3)85-38-98/h13-17,20-23,35,38-42,47-54,58-61,83,99H,18-19,24-34,36-37H2,1-12H3,(H2,78,100)(H2,79,101)(H,84,104)(H,85,98)(H,86,106)(H,87,111)(H,88,109)(H,89,112)(H,90,103)(H,91,105)(H,92,107)(H,93,108)(H,94,110)(H,95,113)(H4,80,81,82)(H,116,117,118)/t40-,41-,42-,47+,48+,49-,50-,51+,52-,53+,54+,58+,59+,60-,61+/m1/s1. The summed E-state index contributed by atoms with van der Waals surface area (Å²) in [5.41, 5.74) is 21.4. The number of guanidine groups is 1. The van der Waals surface area contributed by atoms with Crippen LogP contribution >= 0.6 is 0 Å². The van der Waals surface area contributed by atoms with Gasteiger partial charge in [-0.1, -0.05) is 104 Å². The molecule has 3 aromatic rings. The van der Waals surface area contributed by atoms with Crippen molar-refractivity contribution in [1.82, 2.24) is 78.6 Å². The molecule has 16 amide bonds. The van der Waals surface area contributed by atoms with E-state index in [1.54, 1.807) is 116 Å². The number of para-hydroxylation sites is 1. The fraction of sp³-hybridized carbons (Fsp3) is 0.584. The smallest absolute Gasteiger partial charge is 0.325 e. The minimum absolute atomic E-state index is 0.00634. The van der Waals surface area contributed by atoms with Gasteiger partial charge in [0, 0.05) is 62.9 Å². The molecule has 0 unspecified atom stereocenters. The first kappa shape index (κ1) is 98.7. The van der Waals surface area contributed by atoms with Gasteiger partial charge in [0.2, 0.25) is 95.0 Å². The predicted octanol–water partition coefficient (Wildman–Crippen LogP) is -5.19. The Morgan fingerprint density at radius 2 is 1.25 bits per heavy atom. The van der Waals surface area contributed by atoms with Crippen LogP contribution in [0.4, 0.5) is 0 Å². The number of H-pyrrole nitrogens is 1. The highest BCUT2D eigenvalue weighted by Crippen LogP contribution is 2.28. The van der Waals surface area contributed by atoms with Crippen molar-refractivity contribution in [2.24, 2.45) is 44.7 Å². The van der Waals surface area contributed by atoms with Crippen LogP contribution in [-0.2, 0) is 109 Å². The number of aliphatic hydroxyl groups excluding tert-OH is 1. The molecular weight excluding hydrogens is 1590 g/mol. The molecule has 2 saturated heterocycles. The summed E-state index contributed by atoms with van der Waals surface area (Å²) < 4.78 is 42.1. The fourth-order valence-electron chi connectivity index (χ4n) is 13.4. The van der Waals surface area contributed by atoms with Crippen LogP contribution in [0.15, 0.2) is 65.8 Å². The Balaban J connectivity index is 1.55. The number of likely N-dealkylation sites (tertiary alicyclic amines) is 1. The SMILES string of the molecule is CC(C)C[C@H]1NC(=O)[C@H](CCC(N)=O)N(C)C(=O)[C@@H](NC(=O)[C@@H](CS(=O)(=O)O)NC(=O)[C@H](CCCN=C(N)N)NC(=O)[C@@H](Cc2c[nH]c3ccccc23)NC(=O)[C@@H](NC(=O)[C@H](NC(=O)[C@@H]2CCCN2C(=O)[C@H](Cc2ccccc2)NC(=O)[C@@H](C)NC=O)C(C)(C)C)C(C)(C)C)[C@@H](C)OC(=O)CNC(=O)[C@H](CCC(N)=O)NC(=O)[C@H]([C@@H](C)O)NC1=O. The summed E-state index contributed by atoms with van der Waals surface area (Å²) in [6.45, 7) is 15.2. The zero-order chi connectivity index (χ0) is 90.0. The van der Waals surface area contributed by atoms with Crippen molar-refractivity contribution < 1.29 is 104 Å². The van der Waals surface area contributed by atoms with E-state index in [0.29, 0.717) is 39.8 Å². The first-order valence-corrected chi connectivity index (χ1v) is 40.7. The third-order valence-corrected chi connectivity index (χ3v) is 20.6. The summed E-state index contributed by atoms with van der Waals surface area (Å²) >= 11 is 0. The monoisotopic (exact) mass is 1700 g/mol. The van der Waals surface area contributed by atoms with Gasteiger partial charge in [-0.05, 0) is 99.7 Å². The number of primary amides is 2. The fourth-order valence-corrected chi connectivity index (χ4v) is 14.0. The van der Waals surface area contributed by atoms with E-state index in [9.17, 15) is 80.4 Å². The number of fused-ring (bicyclic) bond motifs is 1. The lowest BCUT2D eigenvalue weighted by atomic mass is 9.83. The Bertz CT molecular complexity index is 4350. The minimum Gasteiger partial charge on any atom is -0.459 e. The van der Waals surface area contributed by atoms with E-state index in [1.165, 1.54) is 11.8 Å². The number of carbonyl (C=O) groups excluding carboxylic acids is 17. The molecule has 0 spiro atoms. The summed E-state index contributed by atoms with van der Waals surface area (Å²) in [6.07, 6.45) is -4.83. The molecular formula is C77H116N20O22S. The maximum atomic E-state index is 15.4. The van der Waals surface area contributed by atoms with Gasteiger partial charge in [-0.25, -0.2) is 0 Å². The Morgan fingerprint density at radius 3 is 1.85 bits per heavy atom. The average Bonchev–Trinajstić information content (AvgIpc) is 1.55. The number of carbonyl (C=O) groups is 17. The third kappa shape index (κ3) is 30.5. The van der Waals surface area contributed by atoms with E-state index >= 15 is 19.2 Å². The molecule has 1 aromatic heterocycles. The molecule has 120 heavy (non-hydrogen) atoms. The molecule has 2 aliphatic rings. The van der Waals surface area contributed by atoms with Crippen molar-refractivity contribution in [3.63, 3.8) is 0 Å². The van der Waals surface area contributed by atoms with E-state index in [2.05, 4.69) is 73.8 Å². The number of nitrogens with zero attached hydrogens (tertiary/aromatic N) is 3. The quantitative estimate of drug-likeness (QED) is 0.00646. The lowest BCUT2D eigenvalue weighted by Gasteiger charge is -2.37. The maximum Gasteiger partial charge on any atom is 0.325 e. The number of esters is 1. The van der Waals surface area contributed by atoms with Gasteiger partial charge in [-0.3, -0.25) is 91.1 Å². The van der Waals surface area contributed by atoms with Crippen molar-refractivity contribution in [1.29, 1.82) is 0 Å². The van der Waals surface area contributed by atoms with Crippen LogP contribution in [0, 0.1) is 16.7 Å². The highest BCUT2D eigenvalue weighted by molar-refractivity contribution is 7.85. The highest BCUT2D eigenvalue weighted by Gasteiger charge is 2.46. The lowest BCUT2D eigenvalue weighted by molar-refractivity contribution is -0.155. The van der Waals surface area contributed by atoms with Crippen LogP contribution in [0.5, 0.6) is 0 Å². The van der Waals surface area contributed by atoms with Gasteiger partial charge < -0.3 is 111 Å². The van der Waals surface area contributed by atoms with Crippen molar-refractivity contribution >= 4 is 128 Å². The van der Waals surface area contributed by atoms with Crippen molar-refractivity contribution in [3.05, 3.63) is 71.9 Å². The van der Waals surface area contributed by atoms with E-state index < -0.39 is 263 Å². The number of amides is 16. The van der Waals surface area contributed by atoms with E-state index in [4.69, 9.17) is 27.7 Å². The molecule has 2 aliphatic heterocycles. The Labute approximate surface area is 694 Å². The minimum atomic E-state index is -5.43. The number of aromatic amines is 1. The number of benzene rings is 2. The number of nitrogens with two attached hydrogens (primary N) is 4. The van der Waals surface area contributed by atoms with E-state index in [0.717, 1.165) is 20.9 Å². The number of hydrogen-bond acceptors (Lipinski definition) is 22. The number of hydrogen-bond donors (Lipinski definition) is 19. The van der Waals surface area contributed by atoms with Gasteiger partial charge in [0.05, 0.1) is 6.10 Å². The topological polar surface area (TPSA) is 657 Å². The van der Waals surface area contributed by atoms with Gasteiger partial charge in [0.15, 0.2) is 5.96 Å². The van der Waals surface area contributed by atoms with Gasteiger partial charge in [-0.15, -0.1) is 0 Å². The van der Waals surface area contributed by atoms with Gasteiger partial charge in [-0.2, -0.15) is 8.42 Å². The van der Waals surface area contributed by atoms with E-state index in [1.807, 2.05) is 0 Å². The number of aliphatic hydroxyl groups is 1. The van der Waals surface area contributed by atoms with Crippen LogP contribution < -0.4 is 86.7 Å². The second-order valence-electron chi connectivity index (χ2n) is 32.4. The number of aliphatic imine (C=N–C) groups is 1. The molecule has 15 atom stereocenters. The maximum absolute atomic E-state index is 15.4. The van der Waals surface area contributed by atoms with Crippen LogP contribution in [0.3, 0.4) is 0 Å². The number of ether oxygens (including phenoxy) is 1. The normalized spacial score (nSPS) is 20.7. The highest BCUT2D eigenvalue weighted by atomic mass is 32.2. The Morgan fingerprint density at radius 1 is 0.675 bits per heavy atom. The third-order valence-electron chi connectivity index (χ3n) is 19.9. The van der Waals surface area contributed by atoms with Gasteiger partial charge >= 0.3 is 5.97 Å². The zero-order valence-electron chi connectivity index (χ0n) is 69.3. The molecule has 662 valence electrons. The van der Waals surface area contributed by atoms with Crippen LogP contribution in [0.1, 0.15) is 145 Å². The first-order chi connectivity index (χ1) is 56.0. The number of rotatable bonds is 36. The van der Waals surface area contributed by atoms with E-state index in [-0.39, 0.29) is 45.2 Å². The van der Waals surface area contributed by atoms with Crippen molar-refractivity contribution in [3.8, 4) is 0 Å². The molecule has 2 aromatic carbocycles. The number of cyclic esters (lactones) is 1. The molecule has 42 nitrogen and oxygen atoms in total. The molecule has 0 aliphatic carbocycles. The van der Waals surface area contributed by atoms with Gasteiger partial charge in [0.25, 0.3) is 10.1 Å². The second kappa shape index (κ2) is 44.8. The number of aromatic nitrogens is 1. The summed E-state index contributed by atoms with van der Waals surface area (Å²) in [5, 5.41) is 40.9. The summed E-state index contributed by atoms with van der Waals surface area (Å²) in [7, 11) is -4.46. The molecule has 5 rings (SSSR count). The Hall–Kier alpha value is -11.9. The molecule has 43 heteroatoms. The summed E-state index contributed by atoms with van der Waals surface area (Å²) in [4.78, 5) is 248.